The molecule has 0 radical (unpaired) electrons. The SMILES string of the molecule is CC(C)C[C@@H]1NC(=O)[C@H](Cc2ccccc2)NC(=O)[C@H](CCC(=O)O)NC(=O)[C@H](CC(=O)O)NC(=O)[C@H](Cc2ccc(O)cc2)NC(=O)[C@H](Cc2ccc(O)cc2)NC(=O)CC[C@@H](C(N)=O)NC(=O)[C@H](CCC(=O)O)NC1=O. The molecule has 1 fully saturated rings. The van der Waals surface area contributed by atoms with Crippen molar-refractivity contribution in [3.63, 3.8) is 0 Å². The standard InChI is InChI=1S/C52H65N9O17/c1-27(2)22-36-48(74)56-34(17-20-42(65)66)46(72)55-33(45(53)71)16-19-41(64)54-37(24-29-8-12-31(62)13-9-29)49(75)60-39(25-30-10-14-32(63)15-11-30)51(77)61-40(26-44(69)70)52(78)57-35(18-21-43(67)68)47(73)59-38(50(76)58-36)23-28-6-4-3-5-7-28/h3-15,27,33-40,62-63H,16-26H2,1-2H3,(H2,53,71)(H,54,64)(H,55,72)(H,56,74)(H,57,78)(H,58,76)(H,59,73)(H,60,75)(H,61,77)(H,65,66)(H,67,68)(H,69,70)/t33-,34-,35-,36-,37-,38-,39-,40-/m0/s1. The molecule has 1 aliphatic rings. The molecule has 3 aromatic carbocycles. The first-order valence-electron chi connectivity index (χ1n) is 24.8. The fraction of sp³-hybridized carbons (Fsp3) is 0.423. The van der Waals surface area contributed by atoms with E-state index in [9.17, 15) is 83.1 Å². The molecule has 4 rings (SSSR count). The molecule has 26 heteroatoms. The van der Waals surface area contributed by atoms with E-state index in [4.69, 9.17) is 5.73 Å². The van der Waals surface area contributed by atoms with Crippen molar-refractivity contribution in [2.24, 2.45) is 11.7 Å². The van der Waals surface area contributed by atoms with E-state index in [1.807, 2.05) is 0 Å². The van der Waals surface area contributed by atoms with Crippen molar-refractivity contribution in [3.8, 4) is 11.5 Å². The van der Waals surface area contributed by atoms with Gasteiger partial charge in [0.2, 0.25) is 53.2 Å². The topological polar surface area (TPSA) is 428 Å². The predicted molar refractivity (Wildman–Crippen MR) is 273 cm³/mol. The van der Waals surface area contributed by atoms with E-state index in [1.54, 1.807) is 44.2 Å². The number of hydrogen-bond donors (Lipinski definition) is 14. The zero-order valence-electron chi connectivity index (χ0n) is 42.7. The van der Waals surface area contributed by atoms with Crippen molar-refractivity contribution in [1.82, 2.24) is 42.5 Å². The van der Waals surface area contributed by atoms with Gasteiger partial charge in [0, 0.05) is 38.5 Å². The highest BCUT2D eigenvalue weighted by molar-refractivity contribution is 5.99. The number of carboxylic acids is 3. The summed E-state index contributed by atoms with van der Waals surface area (Å²) in [5, 5.41) is 68.5. The summed E-state index contributed by atoms with van der Waals surface area (Å²) in [5.74, 6) is -15.0. The molecule has 0 spiro atoms. The molecule has 0 bridgehead atoms. The van der Waals surface area contributed by atoms with Crippen molar-refractivity contribution in [3.05, 3.63) is 95.6 Å². The summed E-state index contributed by atoms with van der Waals surface area (Å²) in [7, 11) is 0. The molecule has 0 aromatic heterocycles. The molecule has 8 atom stereocenters. The van der Waals surface area contributed by atoms with Crippen molar-refractivity contribution in [1.29, 1.82) is 0 Å². The lowest BCUT2D eigenvalue weighted by molar-refractivity contribution is -0.142. The number of nitrogens with two attached hydrogens (primary N) is 1. The van der Waals surface area contributed by atoms with Crippen molar-refractivity contribution >= 4 is 71.1 Å². The maximum Gasteiger partial charge on any atom is 0.305 e. The largest absolute Gasteiger partial charge is 0.508 e. The lowest BCUT2D eigenvalue weighted by Gasteiger charge is -2.28. The van der Waals surface area contributed by atoms with E-state index in [0.717, 1.165) is 0 Å². The summed E-state index contributed by atoms with van der Waals surface area (Å²) < 4.78 is 0. The minimum absolute atomic E-state index is 0.106. The molecule has 3 aromatic rings. The molecule has 78 heavy (non-hydrogen) atoms. The van der Waals surface area contributed by atoms with E-state index in [2.05, 4.69) is 42.5 Å². The second kappa shape index (κ2) is 29.8. The molecule has 1 saturated heterocycles. The van der Waals surface area contributed by atoms with Crippen LogP contribution in [0.5, 0.6) is 11.5 Å². The van der Waals surface area contributed by atoms with Crippen molar-refractivity contribution in [2.45, 2.75) is 133 Å². The summed E-state index contributed by atoms with van der Waals surface area (Å²) >= 11 is 0. The molecular weight excluding hydrogens is 1020 g/mol. The summed E-state index contributed by atoms with van der Waals surface area (Å²) in [4.78, 5) is 162. The van der Waals surface area contributed by atoms with Crippen LogP contribution in [0.1, 0.15) is 81.9 Å². The average molecular weight is 1090 g/mol. The Morgan fingerprint density at radius 2 is 0.833 bits per heavy atom. The average Bonchev–Trinajstić information content (AvgIpc) is 3.38. The number of aliphatic carboxylic acids is 3. The number of carbonyl (C=O) groups excluding carboxylic acids is 9. The number of amides is 9. The third-order valence-electron chi connectivity index (χ3n) is 12.2. The lowest BCUT2D eigenvalue weighted by Crippen LogP contribution is -2.61. The number of aromatic hydroxyl groups is 2. The fourth-order valence-electron chi connectivity index (χ4n) is 8.11. The number of benzene rings is 3. The first-order valence-corrected chi connectivity index (χ1v) is 24.8. The van der Waals surface area contributed by atoms with Gasteiger partial charge in [-0.1, -0.05) is 68.4 Å². The summed E-state index contributed by atoms with van der Waals surface area (Å²) in [6.07, 6.45) is -5.99. The maximum atomic E-state index is 14.4. The number of primary amides is 1. The van der Waals surface area contributed by atoms with Gasteiger partial charge in [-0.05, 0) is 72.6 Å². The Balaban J connectivity index is 1.87. The number of phenols is 2. The number of phenolic OH excluding ortho intramolecular Hbond substituents is 2. The second-order valence-electron chi connectivity index (χ2n) is 19.0. The fourth-order valence-corrected chi connectivity index (χ4v) is 8.11. The second-order valence-corrected chi connectivity index (χ2v) is 19.0. The molecular formula is C52H65N9O17. The first kappa shape index (κ1) is 61.4. The highest BCUT2D eigenvalue weighted by atomic mass is 16.4. The Labute approximate surface area is 447 Å². The lowest BCUT2D eigenvalue weighted by atomic mass is 9.99. The van der Waals surface area contributed by atoms with Crippen LogP contribution in [-0.4, -0.2) is 145 Å². The Hall–Kier alpha value is -9.10. The van der Waals surface area contributed by atoms with Gasteiger partial charge < -0.3 is 73.8 Å². The zero-order valence-corrected chi connectivity index (χ0v) is 42.7. The summed E-state index contributed by atoms with van der Waals surface area (Å²) in [5.41, 5.74) is 6.79. The van der Waals surface area contributed by atoms with E-state index < -0.39 is 164 Å². The van der Waals surface area contributed by atoms with Gasteiger partial charge in [0.15, 0.2) is 0 Å². The van der Waals surface area contributed by atoms with Gasteiger partial charge in [0.1, 0.15) is 59.8 Å². The normalized spacial score (nSPS) is 22.7. The Kier molecular flexibility index (Phi) is 23.5. The Morgan fingerprint density at radius 3 is 1.26 bits per heavy atom. The van der Waals surface area contributed by atoms with Gasteiger partial charge in [-0.25, -0.2) is 0 Å². The van der Waals surface area contributed by atoms with Crippen LogP contribution in [0.25, 0.3) is 0 Å². The Morgan fingerprint density at radius 1 is 0.474 bits per heavy atom. The monoisotopic (exact) mass is 1090 g/mol. The maximum absolute atomic E-state index is 14.4. The van der Waals surface area contributed by atoms with Crippen LogP contribution in [0.15, 0.2) is 78.9 Å². The minimum Gasteiger partial charge on any atom is -0.508 e. The van der Waals surface area contributed by atoms with Crippen LogP contribution in [0.4, 0.5) is 0 Å². The molecule has 0 unspecified atom stereocenters. The van der Waals surface area contributed by atoms with Crippen LogP contribution in [0.3, 0.4) is 0 Å². The molecule has 0 saturated carbocycles. The highest BCUT2D eigenvalue weighted by Crippen LogP contribution is 2.16. The third kappa shape index (κ3) is 20.9. The van der Waals surface area contributed by atoms with Crippen molar-refractivity contribution in [2.75, 3.05) is 0 Å². The summed E-state index contributed by atoms with van der Waals surface area (Å²) in [6, 6.07) is 5.28. The molecule has 26 nitrogen and oxygen atoms in total. The van der Waals surface area contributed by atoms with E-state index in [0.29, 0.717) is 16.7 Å². The van der Waals surface area contributed by atoms with Gasteiger partial charge >= 0.3 is 17.9 Å². The van der Waals surface area contributed by atoms with Crippen LogP contribution >= 0.6 is 0 Å². The van der Waals surface area contributed by atoms with Crippen LogP contribution in [-0.2, 0) is 76.8 Å². The molecule has 1 heterocycles. The van der Waals surface area contributed by atoms with E-state index >= 15 is 0 Å². The van der Waals surface area contributed by atoms with Crippen molar-refractivity contribution < 1.29 is 83.1 Å². The van der Waals surface area contributed by atoms with Crippen LogP contribution < -0.4 is 48.3 Å². The van der Waals surface area contributed by atoms with E-state index in [1.165, 1.54) is 48.5 Å². The van der Waals surface area contributed by atoms with Gasteiger partial charge in [0.25, 0.3) is 0 Å². The minimum atomic E-state index is -2.03. The van der Waals surface area contributed by atoms with E-state index in [-0.39, 0.29) is 43.1 Å². The molecule has 15 N–H and O–H groups in total. The first-order chi connectivity index (χ1) is 36.9. The van der Waals surface area contributed by atoms with Gasteiger partial charge in [-0.2, -0.15) is 0 Å². The molecule has 0 aliphatic carbocycles. The number of hydrogen-bond acceptors (Lipinski definition) is 14. The quantitative estimate of drug-likeness (QED) is 0.0734. The number of nitrogens with one attached hydrogen (secondary N) is 8. The predicted octanol–water partition coefficient (Wildman–Crippen LogP) is -1.47. The number of rotatable bonds is 17. The van der Waals surface area contributed by atoms with Crippen LogP contribution in [0, 0.1) is 5.92 Å². The highest BCUT2D eigenvalue weighted by Gasteiger charge is 2.36. The van der Waals surface area contributed by atoms with Gasteiger partial charge in [0.05, 0.1) is 6.42 Å². The summed E-state index contributed by atoms with van der Waals surface area (Å²) in [6.45, 7) is 3.38. The third-order valence-corrected chi connectivity index (χ3v) is 12.2. The van der Waals surface area contributed by atoms with Gasteiger partial charge in [-0.15, -0.1) is 0 Å². The number of carbonyl (C=O) groups is 12. The van der Waals surface area contributed by atoms with Crippen LogP contribution in [0.2, 0.25) is 0 Å². The molecule has 9 amide bonds. The zero-order chi connectivity index (χ0) is 57.6. The number of carboxylic acid groups (broad SMARTS) is 3. The molecule has 1 aliphatic heterocycles. The molecule has 420 valence electrons. The Bertz CT molecular complexity index is 2650. The smallest absolute Gasteiger partial charge is 0.305 e. The van der Waals surface area contributed by atoms with Gasteiger partial charge in [-0.3, -0.25) is 57.5 Å².